The summed E-state index contributed by atoms with van der Waals surface area (Å²) < 4.78 is 5.84. The van der Waals surface area contributed by atoms with Gasteiger partial charge in [-0.15, -0.1) is 0 Å². The van der Waals surface area contributed by atoms with E-state index in [0.29, 0.717) is 21.6 Å². The fraction of sp³-hybridized carbons (Fsp3) is 0.435. The lowest BCUT2D eigenvalue weighted by Crippen LogP contribution is -2.59. The van der Waals surface area contributed by atoms with Crippen molar-refractivity contribution in [3.8, 4) is 11.3 Å². The average molecular weight is 416 g/mol. The Labute approximate surface area is 175 Å². The molecule has 4 aliphatic carbocycles. The summed E-state index contributed by atoms with van der Waals surface area (Å²) in [5.74, 6) is 3.72. The molecule has 0 spiro atoms. The summed E-state index contributed by atoms with van der Waals surface area (Å²) in [6.07, 6.45) is 10.9. The zero-order valence-corrected chi connectivity index (χ0v) is 17.1. The van der Waals surface area contributed by atoms with Gasteiger partial charge in [0.2, 0.25) is 5.91 Å². The molecule has 5 heteroatoms. The van der Waals surface area contributed by atoms with Crippen LogP contribution in [-0.4, -0.2) is 11.4 Å². The maximum absolute atomic E-state index is 12.6. The second-order valence-corrected chi connectivity index (χ2v) is 9.75. The van der Waals surface area contributed by atoms with Gasteiger partial charge in [-0.25, -0.2) is 0 Å². The lowest BCUT2D eigenvalue weighted by Gasteiger charge is -2.56. The van der Waals surface area contributed by atoms with E-state index in [-0.39, 0.29) is 11.4 Å². The van der Waals surface area contributed by atoms with Gasteiger partial charge >= 0.3 is 0 Å². The Morgan fingerprint density at radius 2 is 1.61 bits per heavy atom. The van der Waals surface area contributed by atoms with Crippen LogP contribution in [0.5, 0.6) is 0 Å². The molecular weight excluding hydrogens is 393 g/mol. The van der Waals surface area contributed by atoms with Crippen LogP contribution in [0.1, 0.15) is 44.3 Å². The van der Waals surface area contributed by atoms with Crippen molar-refractivity contribution in [1.82, 2.24) is 5.32 Å². The minimum atomic E-state index is -0.0225. The van der Waals surface area contributed by atoms with Crippen molar-refractivity contribution in [2.45, 2.75) is 44.1 Å². The molecule has 0 unspecified atom stereocenters. The highest BCUT2D eigenvalue weighted by atomic mass is 35.5. The zero-order chi connectivity index (χ0) is 19.3. The molecule has 0 aliphatic heterocycles. The maximum atomic E-state index is 12.6. The van der Waals surface area contributed by atoms with Crippen LogP contribution in [-0.2, 0) is 4.79 Å². The maximum Gasteiger partial charge on any atom is 0.244 e. The summed E-state index contributed by atoms with van der Waals surface area (Å²) in [6, 6.07) is 9.00. The molecule has 1 aromatic carbocycles. The first-order chi connectivity index (χ1) is 13.5. The van der Waals surface area contributed by atoms with Crippen LogP contribution in [0.15, 0.2) is 40.8 Å². The minimum absolute atomic E-state index is 0.0225. The molecule has 146 valence electrons. The molecule has 1 N–H and O–H groups in total. The molecule has 3 nitrogen and oxygen atoms in total. The van der Waals surface area contributed by atoms with Crippen LogP contribution < -0.4 is 5.32 Å². The van der Waals surface area contributed by atoms with Crippen molar-refractivity contribution in [2.24, 2.45) is 17.8 Å². The lowest BCUT2D eigenvalue weighted by molar-refractivity contribution is -0.122. The van der Waals surface area contributed by atoms with Crippen LogP contribution >= 0.6 is 23.2 Å². The van der Waals surface area contributed by atoms with Gasteiger partial charge < -0.3 is 9.73 Å². The number of carbonyl (C=O) groups is 1. The molecule has 1 aromatic heterocycles. The normalized spacial score (nSPS) is 30.9. The van der Waals surface area contributed by atoms with E-state index in [2.05, 4.69) is 5.32 Å². The van der Waals surface area contributed by atoms with E-state index in [1.807, 2.05) is 12.1 Å². The standard InChI is InChI=1S/C23H23Cl2NO2/c24-18-8-17(9-19(25)10-18)21-3-1-20(28-21)2-4-22(27)26-23-11-14-5-15(12-23)7-16(6-14)13-23/h1-4,8-10,14-16H,5-7,11-13H2,(H,26,27)/b4-2+. The van der Waals surface area contributed by atoms with Crippen molar-refractivity contribution < 1.29 is 9.21 Å². The van der Waals surface area contributed by atoms with Crippen molar-refractivity contribution in [2.75, 3.05) is 0 Å². The summed E-state index contributed by atoms with van der Waals surface area (Å²) in [4.78, 5) is 12.6. The largest absolute Gasteiger partial charge is 0.457 e. The highest BCUT2D eigenvalue weighted by Gasteiger charge is 2.51. The molecule has 0 saturated heterocycles. The van der Waals surface area contributed by atoms with E-state index in [4.69, 9.17) is 27.6 Å². The first kappa shape index (κ1) is 18.3. The highest BCUT2D eigenvalue weighted by molar-refractivity contribution is 6.35. The molecular formula is C23H23Cl2NO2. The van der Waals surface area contributed by atoms with Crippen molar-refractivity contribution in [3.63, 3.8) is 0 Å². The summed E-state index contributed by atoms with van der Waals surface area (Å²) in [5, 5.41) is 4.47. The third kappa shape index (κ3) is 3.62. The fourth-order valence-electron chi connectivity index (χ4n) is 6.02. The number of hydrogen-bond acceptors (Lipinski definition) is 2. The third-order valence-corrected chi connectivity index (χ3v) is 7.04. The molecule has 4 fully saturated rings. The highest BCUT2D eigenvalue weighted by Crippen LogP contribution is 2.55. The summed E-state index contributed by atoms with van der Waals surface area (Å²) in [6.45, 7) is 0. The number of furan rings is 1. The Balaban J connectivity index is 1.27. The molecule has 2 aromatic rings. The van der Waals surface area contributed by atoms with Crippen LogP contribution in [0.2, 0.25) is 10.0 Å². The topological polar surface area (TPSA) is 42.2 Å². The molecule has 0 radical (unpaired) electrons. The van der Waals surface area contributed by atoms with E-state index in [0.717, 1.165) is 42.6 Å². The van der Waals surface area contributed by atoms with Crippen LogP contribution in [0, 0.1) is 17.8 Å². The van der Waals surface area contributed by atoms with Gasteiger partial charge in [0.05, 0.1) is 0 Å². The molecule has 28 heavy (non-hydrogen) atoms. The quantitative estimate of drug-likeness (QED) is 0.590. The van der Waals surface area contributed by atoms with Crippen molar-refractivity contribution >= 4 is 35.2 Å². The SMILES string of the molecule is O=C(/C=C/c1ccc(-c2cc(Cl)cc(Cl)c2)o1)NC12CC3CC(CC(C3)C1)C2. The number of carbonyl (C=O) groups excluding carboxylic acids is 1. The summed E-state index contributed by atoms with van der Waals surface area (Å²) >= 11 is 12.1. The van der Waals surface area contributed by atoms with E-state index in [9.17, 15) is 4.79 Å². The van der Waals surface area contributed by atoms with Crippen LogP contribution in [0.3, 0.4) is 0 Å². The van der Waals surface area contributed by atoms with Crippen molar-refractivity contribution in [3.05, 3.63) is 52.2 Å². The number of halogens is 2. The number of amides is 1. The Bertz CT molecular complexity index is 890. The van der Waals surface area contributed by atoms with Crippen LogP contribution in [0.25, 0.3) is 17.4 Å². The fourth-order valence-corrected chi connectivity index (χ4v) is 6.54. The van der Waals surface area contributed by atoms with Gasteiger partial charge in [-0.1, -0.05) is 23.2 Å². The summed E-state index contributed by atoms with van der Waals surface area (Å²) in [5.41, 5.74) is 0.845. The molecule has 1 heterocycles. The van der Waals surface area contributed by atoms with E-state index >= 15 is 0 Å². The Hall–Kier alpha value is -1.71. The lowest BCUT2D eigenvalue weighted by atomic mass is 9.53. The predicted octanol–water partition coefficient (Wildman–Crippen LogP) is 6.35. The van der Waals surface area contributed by atoms with Gasteiger partial charge in [-0.2, -0.15) is 0 Å². The molecule has 4 bridgehead atoms. The monoisotopic (exact) mass is 415 g/mol. The number of benzene rings is 1. The third-order valence-electron chi connectivity index (χ3n) is 6.60. The number of hydrogen-bond donors (Lipinski definition) is 1. The van der Waals surface area contributed by atoms with E-state index in [1.54, 1.807) is 30.4 Å². The second kappa shape index (κ2) is 6.96. The van der Waals surface area contributed by atoms with Crippen molar-refractivity contribution in [1.29, 1.82) is 0 Å². The summed E-state index contributed by atoms with van der Waals surface area (Å²) in [7, 11) is 0. The second-order valence-electron chi connectivity index (χ2n) is 8.88. The Morgan fingerprint density at radius 3 is 2.21 bits per heavy atom. The minimum Gasteiger partial charge on any atom is -0.457 e. The first-order valence-electron chi connectivity index (χ1n) is 10.0. The smallest absolute Gasteiger partial charge is 0.244 e. The zero-order valence-electron chi connectivity index (χ0n) is 15.6. The predicted molar refractivity (Wildman–Crippen MR) is 112 cm³/mol. The molecule has 4 saturated carbocycles. The van der Waals surface area contributed by atoms with Gasteiger partial charge in [0.25, 0.3) is 0 Å². The molecule has 4 aliphatic rings. The number of nitrogens with one attached hydrogen (secondary N) is 1. The van der Waals surface area contributed by atoms with Gasteiger partial charge in [-0.05, 0) is 92.7 Å². The van der Waals surface area contributed by atoms with Gasteiger partial charge in [0.1, 0.15) is 11.5 Å². The molecule has 0 atom stereocenters. The van der Waals surface area contributed by atoms with Gasteiger partial charge in [-0.3, -0.25) is 4.79 Å². The van der Waals surface area contributed by atoms with Crippen LogP contribution in [0.4, 0.5) is 0 Å². The Kier molecular flexibility index (Phi) is 4.56. The van der Waals surface area contributed by atoms with E-state index in [1.165, 1.54) is 19.3 Å². The number of rotatable bonds is 4. The van der Waals surface area contributed by atoms with Gasteiger partial charge in [0.15, 0.2) is 0 Å². The Morgan fingerprint density at radius 1 is 1.00 bits per heavy atom. The van der Waals surface area contributed by atoms with E-state index < -0.39 is 0 Å². The molecule has 6 rings (SSSR count). The first-order valence-corrected chi connectivity index (χ1v) is 10.8. The average Bonchev–Trinajstić information content (AvgIpc) is 3.06. The van der Waals surface area contributed by atoms with Gasteiger partial charge in [0, 0.05) is 27.2 Å². The molecule has 1 amide bonds.